The van der Waals surface area contributed by atoms with Gasteiger partial charge in [0.05, 0.1) is 0 Å². The molecule has 0 atom stereocenters. The van der Waals surface area contributed by atoms with E-state index < -0.39 is 0 Å². The van der Waals surface area contributed by atoms with Crippen LogP contribution < -0.4 is 0 Å². The van der Waals surface area contributed by atoms with Crippen molar-refractivity contribution in [3.05, 3.63) is 54.2 Å². The van der Waals surface area contributed by atoms with Crippen molar-refractivity contribution in [2.75, 3.05) is 13.1 Å². The van der Waals surface area contributed by atoms with E-state index in [9.17, 15) is 0 Å². The van der Waals surface area contributed by atoms with Crippen molar-refractivity contribution in [3.8, 4) is 0 Å². The van der Waals surface area contributed by atoms with Crippen LogP contribution in [0, 0.1) is 0 Å². The summed E-state index contributed by atoms with van der Waals surface area (Å²) >= 11 is 0. The number of nitrogens with zero attached hydrogens (tertiary/aromatic N) is 1. The van der Waals surface area contributed by atoms with Crippen LogP contribution >= 0.6 is 0 Å². The number of unbranched alkanes of at least 4 members (excludes halogenated alkanes) is 2. The van der Waals surface area contributed by atoms with Gasteiger partial charge in [0.25, 0.3) is 0 Å². The molecule has 90 valence electrons. The molecule has 17 heavy (non-hydrogen) atoms. The van der Waals surface area contributed by atoms with Crippen molar-refractivity contribution in [2.24, 2.45) is 0 Å². The Morgan fingerprint density at radius 3 is 2.59 bits per heavy atom. The maximum absolute atomic E-state index is 2.39. The zero-order chi connectivity index (χ0) is 11.9. The van der Waals surface area contributed by atoms with Crippen molar-refractivity contribution < 1.29 is 0 Å². The molecule has 0 saturated carbocycles. The van der Waals surface area contributed by atoms with Gasteiger partial charge in [0, 0.05) is 13.1 Å². The first kappa shape index (κ1) is 12.0. The van der Waals surface area contributed by atoms with Gasteiger partial charge >= 0.3 is 0 Å². The Hall–Kier alpha value is -1.50. The fraction of sp³-hybridized carbons (Fsp3) is 0.375. The summed E-state index contributed by atoms with van der Waals surface area (Å²) < 4.78 is 0. The molecule has 0 fully saturated rings. The average Bonchev–Trinajstić information content (AvgIpc) is 2.41. The van der Waals surface area contributed by atoms with Gasteiger partial charge in [-0.15, -0.1) is 0 Å². The summed E-state index contributed by atoms with van der Waals surface area (Å²) in [5.74, 6) is 0. The van der Waals surface area contributed by atoms with E-state index >= 15 is 0 Å². The SMILES string of the molecule is CCCCCN1C=CC(c2ccccc2)=CC1. The lowest BCUT2D eigenvalue weighted by atomic mass is 10.0. The van der Waals surface area contributed by atoms with Crippen LogP contribution in [0.4, 0.5) is 0 Å². The first-order valence-electron chi connectivity index (χ1n) is 6.58. The van der Waals surface area contributed by atoms with Crippen LogP contribution in [0.5, 0.6) is 0 Å². The van der Waals surface area contributed by atoms with Crippen LogP contribution in [0.15, 0.2) is 48.7 Å². The molecule has 0 bridgehead atoms. The highest BCUT2D eigenvalue weighted by molar-refractivity contribution is 5.74. The second-order valence-electron chi connectivity index (χ2n) is 4.54. The minimum atomic E-state index is 1.05. The summed E-state index contributed by atoms with van der Waals surface area (Å²) in [5, 5.41) is 0. The Labute approximate surface area is 104 Å². The highest BCUT2D eigenvalue weighted by atomic mass is 15.1. The van der Waals surface area contributed by atoms with Crippen molar-refractivity contribution in [1.82, 2.24) is 4.90 Å². The first-order valence-corrected chi connectivity index (χ1v) is 6.58. The predicted molar refractivity (Wildman–Crippen MR) is 74.7 cm³/mol. The molecule has 1 aliphatic rings. The monoisotopic (exact) mass is 227 g/mol. The van der Waals surface area contributed by atoms with Crippen LogP contribution in [0.2, 0.25) is 0 Å². The molecule has 0 aromatic heterocycles. The molecule has 2 rings (SSSR count). The summed E-state index contributed by atoms with van der Waals surface area (Å²) in [7, 11) is 0. The predicted octanol–water partition coefficient (Wildman–Crippen LogP) is 4.09. The number of benzene rings is 1. The van der Waals surface area contributed by atoms with E-state index in [0.717, 1.165) is 6.54 Å². The van der Waals surface area contributed by atoms with Gasteiger partial charge in [-0.25, -0.2) is 0 Å². The molecule has 1 aliphatic heterocycles. The molecule has 0 amide bonds. The summed E-state index contributed by atoms with van der Waals surface area (Å²) in [5.41, 5.74) is 2.66. The number of hydrogen-bond donors (Lipinski definition) is 0. The fourth-order valence-corrected chi connectivity index (χ4v) is 2.11. The molecule has 0 aliphatic carbocycles. The molecular formula is C16H21N. The lowest BCUT2D eigenvalue weighted by Gasteiger charge is -2.22. The van der Waals surface area contributed by atoms with Gasteiger partial charge in [-0.1, -0.05) is 56.2 Å². The van der Waals surface area contributed by atoms with E-state index in [2.05, 4.69) is 60.5 Å². The maximum Gasteiger partial charge on any atom is 0.0363 e. The smallest absolute Gasteiger partial charge is 0.0363 e. The Morgan fingerprint density at radius 2 is 1.94 bits per heavy atom. The molecule has 0 spiro atoms. The minimum absolute atomic E-state index is 1.05. The molecule has 0 unspecified atom stereocenters. The summed E-state index contributed by atoms with van der Waals surface area (Å²) in [6, 6.07) is 10.6. The van der Waals surface area contributed by atoms with E-state index in [1.54, 1.807) is 0 Å². The molecular weight excluding hydrogens is 206 g/mol. The lowest BCUT2D eigenvalue weighted by molar-refractivity contribution is 0.397. The summed E-state index contributed by atoms with van der Waals surface area (Å²) in [6.07, 6.45) is 10.7. The Bertz CT molecular complexity index is 389. The van der Waals surface area contributed by atoms with Gasteiger partial charge in [0.15, 0.2) is 0 Å². The molecule has 1 nitrogen and oxygen atoms in total. The second kappa shape index (κ2) is 6.29. The largest absolute Gasteiger partial charge is 0.374 e. The van der Waals surface area contributed by atoms with E-state index in [0.29, 0.717) is 0 Å². The van der Waals surface area contributed by atoms with Crippen LogP contribution in [0.25, 0.3) is 5.57 Å². The van der Waals surface area contributed by atoms with Crippen molar-refractivity contribution in [1.29, 1.82) is 0 Å². The number of rotatable bonds is 5. The Kier molecular flexibility index (Phi) is 4.43. The number of allylic oxidation sites excluding steroid dienone is 2. The van der Waals surface area contributed by atoms with Gasteiger partial charge in [-0.3, -0.25) is 0 Å². The Morgan fingerprint density at radius 1 is 1.12 bits per heavy atom. The van der Waals surface area contributed by atoms with Crippen LogP contribution in [-0.4, -0.2) is 18.0 Å². The topological polar surface area (TPSA) is 3.24 Å². The highest BCUT2D eigenvalue weighted by Crippen LogP contribution is 2.19. The minimum Gasteiger partial charge on any atom is -0.374 e. The summed E-state index contributed by atoms with van der Waals surface area (Å²) in [6.45, 7) is 4.48. The molecule has 1 aromatic carbocycles. The third-order valence-corrected chi connectivity index (χ3v) is 3.17. The van der Waals surface area contributed by atoms with Crippen molar-refractivity contribution in [2.45, 2.75) is 26.2 Å². The van der Waals surface area contributed by atoms with E-state index in [-0.39, 0.29) is 0 Å². The molecule has 1 heteroatoms. The lowest BCUT2D eigenvalue weighted by Crippen LogP contribution is -2.20. The zero-order valence-corrected chi connectivity index (χ0v) is 10.6. The van der Waals surface area contributed by atoms with Gasteiger partial charge < -0.3 is 4.90 Å². The maximum atomic E-state index is 2.39. The Balaban J connectivity index is 1.88. The van der Waals surface area contributed by atoms with Crippen molar-refractivity contribution in [3.63, 3.8) is 0 Å². The molecule has 1 aromatic rings. The average molecular weight is 227 g/mol. The second-order valence-corrected chi connectivity index (χ2v) is 4.54. The summed E-state index contributed by atoms with van der Waals surface area (Å²) in [4.78, 5) is 2.39. The van der Waals surface area contributed by atoms with E-state index in [1.165, 1.54) is 36.9 Å². The van der Waals surface area contributed by atoms with Crippen LogP contribution in [0.1, 0.15) is 31.7 Å². The number of hydrogen-bond acceptors (Lipinski definition) is 1. The highest BCUT2D eigenvalue weighted by Gasteiger charge is 2.05. The molecule has 1 heterocycles. The normalized spacial score (nSPS) is 14.9. The fourth-order valence-electron chi connectivity index (χ4n) is 2.11. The molecule has 0 N–H and O–H groups in total. The third kappa shape index (κ3) is 3.48. The standard InChI is InChI=1S/C16H21N/c1-2-3-7-12-17-13-10-16(11-14-17)15-8-5-4-6-9-15/h4-6,8-11,13H,2-3,7,12,14H2,1H3. The van der Waals surface area contributed by atoms with Crippen LogP contribution in [0.3, 0.4) is 0 Å². The van der Waals surface area contributed by atoms with Crippen LogP contribution in [-0.2, 0) is 0 Å². The third-order valence-electron chi connectivity index (χ3n) is 3.17. The van der Waals surface area contributed by atoms with E-state index in [1.807, 2.05) is 0 Å². The molecule has 0 saturated heterocycles. The van der Waals surface area contributed by atoms with Crippen molar-refractivity contribution >= 4 is 5.57 Å². The van der Waals surface area contributed by atoms with Gasteiger partial charge in [-0.2, -0.15) is 0 Å². The molecule has 0 radical (unpaired) electrons. The zero-order valence-electron chi connectivity index (χ0n) is 10.6. The first-order chi connectivity index (χ1) is 8.40. The quantitative estimate of drug-likeness (QED) is 0.685. The van der Waals surface area contributed by atoms with Gasteiger partial charge in [-0.05, 0) is 29.8 Å². The van der Waals surface area contributed by atoms with Gasteiger partial charge in [0.2, 0.25) is 0 Å². The van der Waals surface area contributed by atoms with Gasteiger partial charge in [0.1, 0.15) is 0 Å². The van der Waals surface area contributed by atoms with E-state index in [4.69, 9.17) is 0 Å².